The number of rotatable bonds is 4. The molecule has 0 radical (unpaired) electrons. The van der Waals surface area contributed by atoms with Gasteiger partial charge in [0.1, 0.15) is 6.61 Å². The highest BCUT2D eigenvalue weighted by atomic mass is 16.5. The predicted octanol–water partition coefficient (Wildman–Crippen LogP) is 2.41. The SMILES string of the molecule is O=C(O)c1ccccc1C(=O)Nc1ccc(C2=NCCO2)cc1. The highest BCUT2D eigenvalue weighted by molar-refractivity contribution is 6.10. The molecule has 0 bridgehead atoms. The van der Waals surface area contributed by atoms with E-state index in [9.17, 15) is 9.59 Å². The summed E-state index contributed by atoms with van der Waals surface area (Å²) in [7, 11) is 0. The topological polar surface area (TPSA) is 88.0 Å². The van der Waals surface area contributed by atoms with Crippen LogP contribution in [-0.4, -0.2) is 36.0 Å². The molecule has 0 atom stereocenters. The predicted molar refractivity (Wildman–Crippen MR) is 85.2 cm³/mol. The van der Waals surface area contributed by atoms with Gasteiger partial charge in [-0.2, -0.15) is 0 Å². The molecule has 3 rings (SSSR count). The highest BCUT2D eigenvalue weighted by Gasteiger charge is 2.16. The van der Waals surface area contributed by atoms with Gasteiger partial charge in [0.15, 0.2) is 0 Å². The fourth-order valence-electron chi connectivity index (χ4n) is 2.27. The Morgan fingerprint density at radius 3 is 2.35 bits per heavy atom. The maximum atomic E-state index is 12.3. The fourth-order valence-corrected chi connectivity index (χ4v) is 2.27. The van der Waals surface area contributed by atoms with Crippen molar-refractivity contribution in [1.82, 2.24) is 0 Å². The lowest BCUT2D eigenvalue weighted by Crippen LogP contribution is -2.16. The minimum absolute atomic E-state index is 0.0321. The first kappa shape index (κ1) is 14.8. The molecule has 6 heteroatoms. The van der Waals surface area contributed by atoms with Gasteiger partial charge in [0.05, 0.1) is 17.7 Å². The van der Waals surface area contributed by atoms with Crippen molar-refractivity contribution >= 4 is 23.5 Å². The van der Waals surface area contributed by atoms with E-state index in [0.29, 0.717) is 24.7 Å². The Balaban J connectivity index is 1.77. The Hall–Kier alpha value is -3.15. The molecule has 1 aliphatic heterocycles. The van der Waals surface area contributed by atoms with E-state index in [2.05, 4.69) is 10.3 Å². The second-order valence-corrected chi connectivity index (χ2v) is 4.92. The van der Waals surface area contributed by atoms with Crippen LogP contribution in [0.15, 0.2) is 53.5 Å². The van der Waals surface area contributed by atoms with Gasteiger partial charge < -0.3 is 15.2 Å². The standard InChI is InChI=1S/C17H14N2O4/c20-15(13-3-1-2-4-14(13)17(21)22)19-12-7-5-11(6-8-12)16-18-9-10-23-16/h1-8H,9-10H2,(H,19,20)(H,21,22). The van der Waals surface area contributed by atoms with Crippen molar-refractivity contribution in [3.05, 3.63) is 65.2 Å². The lowest BCUT2D eigenvalue weighted by molar-refractivity contribution is 0.0692. The Kier molecular flexibility index (Phi) is 4.05. The third-order valence-corrected chi connectivity index (χ3v) is 3.38. The van der Waals surface area contributed by atoms with Crippen molar-refractivity contribution in [1.29, 1.82) is 0 Å². The first-order chi connectivity index (χ1) is 11.1. The normalized spacial score (nSPS) is 13.1. The molecule has 2 N–H and O–H groups in total. The quantitative estimate of drug-likeness (QED) is 0.907. The molecule has 116 valence electrons. The Bertz CT molecular complexity index is 781. The van der Waals surface area contributed by atoms with E-state index in [1.54, 1.807) is 36.4 Å². The molecular weight excluding hydrogens is 296 g/mol. The van der Waals surface area contributed by atoms with Crippen molar-refractivity contribution in [3.8, 4) is 0 Å². The Morgan fingerprint density at radius 2 is 1.74 bits per heavy atom. The fraction of sp³-hybridized carbons (Fsp3) is 0.118. The summed E-state index contributed by atoms with van der Waals surface area (Å²) in [4.78, 5) is 27.6. The van der Waals surface area contributed by atoms with E-state index in [4.69, 9.17) is 9.84 Å². The van der Waals surface area contributed by atoms with E-state index in [1.165, 1.54) is 12.1 Å². The molecule has 23 heavy (non-hydrogen) atoms. The maximum Gasteiger partial charge on any atom is 0.336 e. The molecule has 1 aliphatic rings. The van der Waals surface area contributed by atoms with Crippen LogP contribution in [0.4, 0.5) is 5.69 Å². The number of benzene rings is 2. The number of nitrogens with one attached hydrogen (secondary N) is 1. The number of anilines is 1. The van der Waals surface area contributed by atoms with Crippen molar-refractivity contribution < 1.29 is 19.4 Å². The number of nitrogens with zero attached hydrogens (tertiary/aromatic N) is 1. The second-order valence-electron chi connectivity index (χ2n) is 4.92. The van der Waals surface area contributed by atoms with Gasteiger partial charge in [0, 0.05) is 11.3 Å². The molecule has 2 aromatic rings. The van der Waals surface area contributed by atoms with Crippen LogP contribution in [0.2, 0.25) is 0 Å². The van der Waals surface area contributed by atoms with Crippen molar-refractivity contribution in [3.63, 3.8) is 0 Å². The van der Waals surface area contributed by atoms with Crippen LogP contribution in [0.25, 0.3) is 0 Å². The summed E-state index contributed by atoms with van der Waals surface area (Å²) in [5, 5.41) is 11.8. The first-order valence-electron chi connectivity index (χ1n) is 7.06. The van der Waals surface area contributed by atoms with Gasteiger partial charge in [0.25, 0.3) is 5.91 Å². The average molecular weight is 310 g/mol. The van der Waals surface area contributed by atoms with Gasteiger partial charge in [-0.15, -0.1) is 0 Å². The zero-order valence-corrected chi connectivity index (χ0v) is 12.2. The molecule has 0 unspecified atom stereocenters. The molecule has 2 aromatic carbocycles. The number of aliphatic imine (C=N–C) groups is 1. The zero-order chi connectivity index (χ0) is 16.2. The van der Waals surface area contributed by atoms with Crippen molar-refractivity contribution in [2.75, 3.05) is 18.5 Å². The summed E-state index contributed by atoms with van der Waals surface area (Å²) >= 11 is 0. The van der Waals surface area contributed by atoms with Crippen LogP contribution in [0, 0.1) is 0 Å². The van der Waals surface area contributed by atoms with Crippen molar-refractivity contribution in [2.45, 2.75) is 0 Å². The molecule has 0 saturated carbocycles. The highest BCUT2D eigenvalue weighted by Crippen LogP contribution is 2.16. The number of carbonyl (C=O) groups excluding carboxylic acids is 1. The number of hydrogen-bond donors (Lipinski definition) is 2. The minimum Gasteiger partial charge on any atom is -0.478 e. The molecule has 0 fully saturated rings. The van der Waals surface area contributed by atoms with E-state index < -0.39 is 11.9 Å². The van der Waals surface area contributed by atoms with Crippen LogP contribution in [0.1, 0.15) is 26.3 Å². The minimum atomic E-state index is -1.14. The summed E-state index contributed by atoms with van der Waals surface area (Å²) in [6.45, 7) is 1.24. The van der Waals surface area contributed by atoms with Gasteiger partial charge in [-0.05, 0) is 36.4 Å². The summed E-state index contributed by atoms with van der Waals surface area (Å²) in [6, 6.07) is 13.1. The largest absolute Gasteiger partial charge is 0.478 e. The van der Waals surface area contributed by atoms with Crippen LogP contribution in [0.3, 0.4) is 0 Å². The molecule has 0 aliphatic carbocycles. The smallest absolute Gasteiger partial charge is 0.336 e. The Morgan fingerprint density at radius 1 is 1.04 bits per heavy atom. The number of amides is 1. The average Bonchev–Trinajstić information content (AvgIpc) is 3.10. The second kappa shape index (κ2) is 6.31. The van der Waals surface area contributed by atoms with Crippen LogP contribution >= 0.6 is 0 Å². The maximum absolute atomic E-state index is 12.3. The molecule has 0 aromatic heterocycles. The third kappa shape index (κ3) is 3.21. The number of aromatic carboxylic acids is 1. The molecule has 0 spiro atoms. The monoisotopic (exact) mass is 310 g/mol. The van der Waals surface area contributed by atoms with E-state index in [1.807, 2.05) is 0 Å². The summed E-state index contributed by atoms with van der Waals surface area (Å²) in [5.74, 6) is -1.01. The molecular formula is C17H14N2O4. The van der Waals surface area contributed by atoms with Crippen LogP contribution < -0.4 is 5.32 Å². The van der Waals surface area contributed by atoms with Crippen molar-refractivity contribution in [2.24, 2.45) is 4.99 Å². The van der Waals surface area contributed by atoms with E-state index in [0.717, 1.165) is 5.56 Å². The molecule has 6 nitrogen and oxygen atoms in total. The Labute approximate surface area is 132 Å². The molecule has 1 heterocycles. The summed E-state index contributed by atoms with van der Waals surface area (Å²) < 4.78 is 5.37. The zero-order valence-electron chi connectivity index (χ0n) is 12.2. The number of ether oxygens (including phenoxy) is 1. The lowest BCUT2D eigenvalue weighted by atomic mass is 10.1. The van der Waals surface area contributed by atoms with E-state index >= 15 is 0 Å². The first-order valence-corrected chi connectivity index (χ1v) is 7.06. The number of carboxylic acids is 1. The van der Waals surface area contributed by atoms with Gasteiger partial charge in [-0.1, -0.05) is 12.1 Å². The third-order valence-electron chi connectivity index (χ3n) is 3.38. The molecule has 0 saturated heterocycles. The lowest BCUT2D eigenvalue weighted by Gasteiger charge is -2.08. The van der Waals surface area contributed by atoms with Gasteiger partial charge >= 0.3 is 5.97 Å². The van der Waals surface area contributed by atoms with Crippen LogP contribution in [-0.2, 0) is 4.74 Å². The van der Waals surface area contributed by atoms with Gasteiger partial charge in [-0.3, -0.25) is 4.79 Å². The summed E-state index contributed by atoms with van der Waals surface area (Å²) in [6.07, 6.45) is 0. The van der Waals surface area contributed by atoms with E-state index in [-0.39, 0.29) is 11.1 Å². The number of carboxylic acid groups (broad SMARTS) is 1. The van der Waals surface area contributed by atoms with Gasteiger partial charge in [0.2, 0.25) is 5.90 Å². The van der Waals surface area contributed by atoms with Gasteiger partial charge in [-0.25, -0.2) is 9.79 Å². The number of hydrogen-bond acceptors (Lipinski definition) is 4. The molecule has 1 amide bonds. The summed E-state index contributed by atoms with van der Waals surface area (Å²) in [5.41, 5.74) is 1.49. The van der Waals surface area contributed by atoms with Crippen LogP contribution in [0.5, 0.6) is 0 Å². The number of carbonyl (C=O) groups is 2.